The number of carboxylic acid groups (broad SMARTS) is 1. The van der Waals surface area contributed by atoms with Gasteiger partial charge in [-0.15, -0.1) is 0 Å². The molecular formula is C27H48NO5+. The number of aliphatic carboxylic acids is 1. The number of likely N-dealkylation sites (N-methyl/N-ethyl adjacent to an activating group) is 1. The molecule has 0 amide bonds. The average molecular weight is 467 g/mol. The zero-order valence-corrected chi connectivity index (χ0v) is 22.0. The Morgan fingerprint density at radius 1 is 0.879 bits per heavy atom. The standard InChI is InChI=1S/C27H47NO5/c1-7-8-9-10-13-16-24-21(2)22(3)25(33-24)17-14-11-12-15-18-27(31)32-23(19-26(29)30)20-28(4,5)6/h23H,7-20H2,1-6H3/p+1. The first-order chi connectivity index (χ1) is 15.5. The van der Waals surface area contributed by atoms with Crippen LogP contribution in [0.2, 0.25) is 0 Å². The second kappa shape index (κ2) is 15.2. The van der Waals surface area contributed by atoms with Crippen molar-refractivity contribution in [2.24, 2.45) is 0 Å². The van der Waals surface area contributed by atoms with E-state index in [0.717, 1.165) is 50.0 Å². The molecule has 1 rings (SSSR count). The quantitative estimate of drug-likeness (QED) is 0.163. The minimum absolute atomic E-state index is 0.149. The molecule has 0 bridgehead atoms. The topological polar surface area (TPSA) is 76.7 Å². The third-order valence-electron chi connectivity index (χ3n) is 6.14. The summed E-state index contributed by atoms with van der Waals surface area (Å²) in [5.41, 5.74) is 2.61. The Kier molecular flexibility index (Phi) is 13.4. The normalized spacial score (nSPS) is 12.7. The Morgan fingerprint density at radius 3 is 1.88 bits per heavy atom. The van der Waals surface area contributed by atoms with Gasteiger partial charge in [0, 0.05) is 19.3 Å². The maximum atomic E-state index is 12.2. The Morgan fingerprint density at radius 2 is 1.39 bits per heavy atom. The van der Waals surface area contributed by atoms with Crippen molar-refractivity contribution in [2.45, 2.75) is 110 Å². The molecule has 1 aromatic rings. The van der Waals surface area contributed by atoms with Crippen LogP contribution in [0.4, 0.5) is 0 Å². The highest BCUT2D eigenvalue weighted by Crippen LogP contribution is 2.25. The van der Waals surface area contributed by atoms with Gasteiger partial charge < -0.3 is 18.7 Å². The van der Waals surface area contributed by atoms with E-state index in [0.29, 0.717) is 17.4 Å². The molecule has 1 N–H and O–H groups in total. The van der Waals surface area contributed by atoms with Crippen molar-refractivity contribution in [1.82, 2.24) is 0 Å². The maximum Gasteiger partial charge on any atom is 0.307 e. The molecule has 0 radical (unpaired) electrons. The molecule has 0 saturated heterocycles. The minimum atomic E-state index is -0.940. The van der Waals surface area contributed by atoms with Gasteiger partial charge >= 0.3 is 11.9 Å². The van der Waals surface area contributed by atoms with Crippen LogP contribution in [0.3, 0.4) is 0 Å². The van der Waals surface area contributed by atoms with E-state index in [1.54, 1.807) is 0 Å². The molecule has 190 valence electrons. The molecule has 1 aromatic heterocycles. The number of nitrogens with zero attached hydrogens (tertiary/aromatic N) is 1. The lowest BCUT2D eigenvalue weighted by Crippen LogP contribution is -2.43. The lowest BCUT2D eigenvalue weighted by atomic mass is 10.0. The first-order valence-electron chi connectivity index (χ1n) is 12.8. The van der Waals surface area contributed by atoms with Gasteiger partial charge in [-0.05, 0) is 44.2 Å². The van der Waals surface area contributed by atoms with Gasteiger partial charge in [0.05, 0.1) is 27.6 Å². The number of carbonyl (C=O) groups excluding carboxylic acids is 1. The molecule has 1 heterocycles. The largest absolute Gasteiger partial charge is 0.481 e. The van der Waals surface area contributed by atoms with Crippen LogP contribution in [0.15, 0.2) is 4.42 Å². The predicted molar refractivity (Wildman–Crippen MR) is 132 cm³/mol. The molecule has 0 saturated carbocycles. The number of quaternary nitrogens is 1. The highest BCUT2D eigenvalue weighted by molar-refractivity contribution is 5.71. The van der Waals surface area contributed by atoms with Gasteiger partial charge in [0.2, 0.25) is 0 Å². The summed E-state index contributed by atoms with van der Waals surface area (Å²) in [6.45, 7) is 7.06. The van der Waals surface area contributed by atoms with Gasteiger partial charge in [0.15, 0.2) is 6.10 Å². The molecule has 0 aliphatic rings. The molecule has 0 aliphatic carbocycles. The van der Waals surface area contributed by atoms with Gasteiger partial charge in [-0.1, -0.05) is 45.4 Å². The van der Waals surface area contributed by atoms with Crippen molar-refractivity contribution < 1.29 is 28.3 Å². The van der Waals surface area contributed by atoms with Gasteiger partial charge in [-0.2, -0.15) is 0 Å². The fourth-order valence-electron chi connectivity index (χ4n) is 4.19. The lowest BCUT2D eigenvalue weighted by Gasteiger charge is -2.28. The van der Waals surface area contributed by atoms with Crippen LogP contribution >= 0.6 is 0 Å². The molecule has 6 heteroatoms. The lowest BCUT2D eigenvalue weighted by molar-refractivity contribution is -0.873. The van der Waals surface area contributed by atoms with Crippen molar-refractivity contribution in [2.75, 3.05) is 27.7 Å². The maximum absolute atomic E-state index is 12.2. The number of aryl methyl sites for hydroxylation is 2. The Hall–Kier alpha value is -1.82. The summed E-state index contributed by atoms with van der Waals surface area (Å²) in [5, 5.41) is 9.07. The first kappa shape index (κ1) is 29.2. The predicted octanol–water partition coefficient (Wildman–Crippen LogP) is 6.00. The van der Waals surface area contributed by atoms with E-state index in [-0.39, 0.29) is 12.4 Å². The van der Waals surface area contributed by atoms with E-state index >= 15 is 0 Å². The number of carboxylic acids is 1. The third-order valence-corrected chi connectivity index (χ3v) is 6.14. The first-order valence-corrected chi connectivity index (χ1v) is 12.8. The third kappa shape index (κ3) is 12.9. The summed E-state index contributed by atoms with van der Waals surface area (Å²) in [6.07, 6.45) is 11.8. The monoisotopic (exact) mass is 466 g/mol. The van der Waals surface area contributed by atoms with E-state index in [9.17, 15) is 9.59 Å². The highest BCUT2D eigenvalue weighted by atomic mass is 16.5. The van der Waals surface area contributed by atoms with E-state index in [1.165, 1.54) is 43.2 Å². The summed E-state index contributed by atoms with van der Waals surface area (Å²) in [7, 11) is 5.88. The molecule has 1 atom stereocenters. The SMILES string of the molecule is CCCCCCCc1oc(CCCCCCC(=O)OC(CC(=O)O)C[N+](C)(C)C)c(C)c1C. The van der Waals surface area contributed by atoms with E-state index in [4.69, 9.17) is 14.3 Å². The van der Waals surface area contributed by atoms with Crippen molar-refractivity contribution in [3.8, 4) is 0 Å². The molecule has 0 spiro atoms. The molecule has 33 heavy (non-hydrogen) atoms. The molecule has 1 unspecified atom stereocenters. The Bertz CT molecular complexity index is 717. The van der Waals surface area contributed by atoms with Crippen LogP contribution in [-0.4, -0.2) is 55.3 Å². The molecular weight excluding hydrogens is 418 g/mol. The summed E-state index contributed by atoms with van der Waals surface area (Å²) in [5.74, 6) is 1.04. The van der Waals surface area contributed by atoms with Gasteiger partial charge in [0.25, 0.3) is 0 Å². The number of ether oxygens (including phenoxy) is 1. The number of unbranched alkanes of at least 4 members (excludes halogenated alkanes) is 7. The fourth-order valence-corrected chi connectivity index (χ4v) is 4.19. The number of esters is 1. The number of carbonyl (C=O) groups is 2. The molecule has 6 nitrogen and oxygen atoms in total. The molecule has 0 aromatic carbocycles. The number of hydrogen-bond acceptors (Lipinski definition) is 4. The van der Waals surface area contributed by atoms with E-state index < -0.39 is 12.1 Å². The molecule has 0 aliphatic heterocycles. The Balaban J connectivity index is 2.30. The van der Waals surface area contributed by atoms with Crippen LogP contribution < -0.4 is 0 Å². The van der Waals surface area contributed by atoms with E-state index in [2.05, 4.69) is 20.8 Å². The second-order valence-electron chi connectivity index (χ2n) is 10.5. The van der Waals surface area contributed by atoms with Crippen LogP contribution in [0.25, 0.3) is 0 Å². The smallest absolute Gasteiger partial charge is 0.307 e. The summed E-state index contributed by atoms with van der Waals surface area (Å²) < 4.78 is 12.2. The summed E-state index contributed by atoms with van der Waals surface area (Å²) >= 11 is 0. The fraction of sp³-hybridized carbons (Fsp3) is 0.778. The van der Waals surface area contributed by atoms with Crippen LogP contribution in [0.1, 0.15) is 100 Å². The average Bonchev–Trinajstić information content (AvgIpc) is 2.96. The van der Waals surface area contributed by atoms with Gasteiger partial charge in [-0.25, -0.2) is 0 Å². The summed E-state index contributed by atoms with van der Waals surface area (Å²) in [6, 6.07) is 0. The Labute approximate surface area is 201 Å². The van der Waals surface area contributed by atoms with Crippen LogP contribution in [0, 0.1) is 13.8 Å². The van der Waals surface area contributed by atoms with Crippen molar-refractivity contribution in [3.05, 3.63) is 22.6 Å². The highest BCUT2D eigenvalue weighted by Gasteiger charge is 2.24. The zero-order valence-electron chi connectivity index (χ0n) is 22.0. The van der Waals surface area contributed by atoms with Crippen molar-refractivity contribution in [1.29, 1.82) is 0 Å². The summed E-state index contributed by atoms with van der Waals surface area (Å²) in [4.78, 5) is 23.2. The van der Waals surface area contributed by atoms with Crippen molar-refractivity contribution >= 4 is 11.9 Å². The van der Waals surface area contributed by atoms with Crippen LogP contribution in [-0.2, 0) is 27.2 Å². The number of hydrogen-bond donors (Lipinski definition) is 1. The zero-order chi connectivity index (χ0) is 24.9. The minimum Gasteiger partial charge on any atom is -0.481 e. The van der Waals surface area contributed by atoms with Crippen LogP contribution in [0.5, 0.6) is 0 Å². The van der Waals surface area contributed by atoms with Gasteiger partial charge in [0.1, 0.15) is 18.1 Å². The number of furan rings is 1. The van der Waals surface area contributed by atoms with Gasteiger partial charge in [-0.3, -0.25) is 9.59 Å². The number of rotatable bonds is 18. The molecule has 0 fully saturated rings. The van der Waals surface area contributed by atoms with Crippen molar-refractivity contribution in [3.63, 3.8) is 0 Å². The van der Waals surface area contributed by atoms with E-state index in [1.807, 2.05) is 21.1 Å². The second-order valence-corrected chi connectivity index (χ2v) is 10.5.